The highest BCUT2D eigenvalue weighted by molar-refractivity contribution is 9.09. The molecule has 0 radical (unpaired) electrons. The largest absolute Gasteiger partial charge is 0.464 e. The first-order valence-electron chi connectivity index (χ1n) is 4.85. The van der Waals surface area contributed by atoms with Crippen LogP contribution in [0.15, 0.2) is 34.9 Å². The Balaban J connectivity index is 2.11. The Morgan fingerprint density at radius 2 is 2.27 bits per heavy atom. The van der Waals surface area contributed by atoms with Crippen molar-refractivity contribution in [3.8, 4) is 0 Å². The topological polar surface area (TPSA) is 30.2 Å². The van der Waals surface area contributed by atoms with Gasteiger partial charge in [0.25, 0.3) is 0 Å². The number of carbonyl (C=O) groups excluding carboxylic acids is 1. The lowest BCUT2D eigenvalue weighted by atomic mass is 10.1. The van der Waals surface area contributed by atoms with E-state index in [0.29, 0.717) is 0 Å². The van der Waals surface area contributed by atoms with Crippen molar-refractivity contribution in [2.45, 2.75) is 17.7 Å². The highest BCUT2D eigenvalue weighted by Crippen LogP contribution is 2.18. The summed E-state index contributed by atoms with van der Waals surface area (Å²) < 4.78 is 5.31. The molecule has 2 rings (SSSR count). The highest BCUT2D eigenvalue weighted by Gasteiger charge is 2.03. The van der Waals surface area contributed by atoms with E-state index in [1.165, 1.54) is 5.56 Å². The molecule has 0 aliphatic carbocycles. The molecular weight excluding hydrogens is 256 g/mol. The van der Waals surface area contributed by atoms with Crippen LogP contribution in [0.5, 0.6) is 0 Å². The molecule has 1 atom stereocenters. The summed E-state index contributed by atoms with van der Waals surface area (Å²) in [5.74, 6) is 0. The molecule has 0 fully saturated rings. The zero-order valence-electron chi connectivity index (χ0n) is 8.15. The average molecular weight is 267 g/mol. The summed E-state index contributed by atoms with van der Waals surface area (Å²) in [5, 5.41) is 1.12. The van der Waals surface area contributed by atoms with E-state index in [2.05, 4.69) is 22.0 Å². The Morgan fingerprint density at radius 3 is 3.07 bits per heavy atom. The van der Waals surface area contributed by atoms with Gasteiger partial charge in [-0.15, -0.1) is 0 Å². The summed E-state index contributed by atoms with van der Waals surface area (Å²) in [5.41, 5.74) is 2.11. The van der Waals surface area contributed by atoms with Crippen LogP contribution in [0.1, 0.15) is 12.0 Å². The van der Waals surface area contributed by atoms with E-state index < -0.39 is 0 Å². The average Bonchev–Trinajstić information content (AvgIpc) is 2.72. The molecule has 1 aromatic carbocycles. The summed E-state index contributed by atoms with van der Waals surface area (Å²) in [4.78, 5) is 10.4. The predicted molar refractivity (Wildman–Crippen MR) is 63.3 cm³/mol. The van der Waals surface area contributed by atoms with Crippen LogP contribution in [-0.4, -0.2) is 11.1 Å². The van der Waals surface area contributed by atoms with Crippen molar-refractivity contribution in [2.75, 3.05) is 0 Å². The Morgan fingerprint density at radius 1 is 1.40 bits per heavy atom. The van der Waals surface area contributed by atoms with E-state index in [4.69, 9.17) is 4.42 Å². The van der Waals surface area contributed by atoms with E-state index >= 15 is 0 Å². The van der Waals surface area contributed by atoms with E-state index in [-0.39, 0.29) is 4.83 Å². The smallest absolute Gasteiger partial charge is 0.134 e. The van der Waals surface area contributed by atoms with Gasteiger partial charge in [0.2, 0.25) is 0 Å². The van der Waals surface area contributed by atoms with Crippen molar-refractivity contribution < 1.29 is 9.21 Å². The third-order valence-corrected chi connectivity index (χ3v) is 3.05. The number of aryl methyl sites for hydroxylation is 1. The van der Waals surface area contributed by atoms with Crippen LogP contribution in [-0.2, 0) is 11.2 Å². The second-order valence-corrected chi connectivity index (χ2v) is 4.66. The Hall–Kier alpha value is -1.09. The van der Waals surface area contributed by atoms with Crippen molar-refractivity contribution in [1.29, 1.82) is 0 Å². The molecule has 0 aliphatic heterocycles. The lowest BCUT2D eigenvalue weighted by molar-refractivity contribution is -0.107. The lowest BCUT2D eigenvalue weighted by Gasteiger charge is -2.02. The number of furan rings is 1. The number of benzene rings is 1. The van der Waals surface area contributed by atoms with Gasteiger partial charge in [-0.2, -0.15) is 0 Å². The molecule has 0 spiro atoms. The first-order valence-corrected chi connectivity index (χ1v) is 5.76. The SMILES string of the molecule is O=C[C@@H](Br)CCc1ccc2ccoc2c1. The highest BCUT2D eigenvalue weighted by atomic mass is 79.9. The number of alkyl halides is 1. The molecule has 0 unspecified atom stereocenters. The van der Waals surface area contributed by atoms with Gasteiger partial charge in [0.05, 0.1) is 11.1 Å². The molecule has 2 aromatic rings. The number of halogens is 1. The van der Waals surface area contributed by atoms with Crippen LogP contribution in [0.3, 0.4) is 0 Å². The van der Waals surface area contributed by atoms with Gasteiger partial charge in [-0.25, -0.2) is 0 Å². The van der Waals surface area contributed by atoms with Gasteiger partial charge < -0.3 is 9.21 Å². The van der Waals surface area contributed by atoms with E-state index in [9.17, 15) is 4.79 Å². The molecule has 1 heterocycles. The summed E-state index contributed by atoms with van der Waals surface area (Å²) >= 11 is 3.29. The fourth-order valence-corrected chi connectivity index (χ4v) is 1.76. The van der Waals surface area contributed by atoms with Gasteiger partial charge in [0.1, 0.15) is 11.9 Å². The minimum Gasteiger partial charge on any atom is -0.464 e. The molecule has 0 N–H and O–H groups in total. The normalized spacial score (nSPS) is 12.9. The summed E-state index contributed by atoms with van der Waals surface area (Å²) in [6.07, 6.45) is 4.31. The molecule has 0 amide bonds. The second kappa shape index (κ2) is 4.62. The van der Waals surface area contributed by atoms with Crippen molar-refractivity contribution in [2.24, 2.45) is 0 Å². The number of hydrogen-bond acceptors (Lipinski definition) is 2. The Bertz CT molecular complexity index is 461. The summed E-state index contributed by atoms with van der Waals surface area (Å²) in [6.45, 7) is 0. The van der Waals surface area contributed by atoms with E-state index in [0.717, 1.165) is 30.1 Å². The molecule has 78 valence electrons. The van der Waals surface area contributed by atoms with Gasteiger partial charge in [0.15, 0.2) is 0 Å². The molecular formula is C12H11BrO2. The van der Waals surface area contributed by atoms with Crippen molar-refractivity contribution >= 4 is 33.2 Å². The fourth-order valence-electron chi connectivity index (χ4n) is 1.53. The number of rotatable bonds is 4. The molecule has 0 saturated heterocycles. The number of aldehydes is 1. The van der Waals surface area contributed by atoms with Gasteiger partial charge >= 0.3 is 0 Å². The molecule has 2 nitrogen and oxygen atoms in total. The van der Waals surface area contributed by atoms with E-state index in [1.54, 1.807) is 6.26 Å². The quantitative estimate of drug-likeness (QED) is 0.628. The maximum absolute atomic E-state index is 10.4. The minimum atomic E-state index is -0.0511. The molecule has 0 aliphatic rings. The summed E-state index contributed by atoms with van der Waals surface area (Å²) in [7, 11) is 0. The van der Waals surface area contributed by atoms with Crippen molar-refractivity contribution in [3.63, 3.8) is 0 Å². The second-order valence-electron chi connectivity index (χ2n) is 3.48. The summed E-state index contributed by atoms with van der Waals surface area (Å²) in [6, 6.07) is 8.08. The van der Waals surface area contributed by atoms with Crippen LogP contribution in [0.2, 0.25) is 0 Å². The first kappa shape index (κ1) is 10.4. The third-order valence-electron chi connectivity index (χ3n) is 2.38. The molecule has 15 heavy (non-hydrogen) atoms. The zero-order valence-corrected chi connectivity index (χ0v) is 9.74. The minimum absolute atomic E-state index is 0.0511. The lowest BCUT2D eigenvalue weighted by Crippen LogP contribution is -2.00. The molecule has 3 heteroatoms. The number of fused-ring (bicyclic) bond motifs is 1. The standard InChI is InChI=1S/C12H11BrO2/c13-11(8-14)4-2-9-1-3-10-5-6-15-12(10)7-9/h1,3,5-8,11H,2,4H2/t11-/m0/s1. The van der Waals surface area contributed by atoms with Crippen molar-refractivity contribution in [1.82, 2.24) is 0 Å². The first-order chi connectivity index (χ1) is 7.29. The maximum Gasteiger partial charge on any atom is 0.134 e. The number of hydrogen-bond donors (Lipinski definition) is 0. The maximum atomic E-state index is 10.4. The Kier molecular flexibility index (Phi) is 3.21. The number of carbonyl (C=O) groups is 1. The van der Waals surface area contributed by atoms with Crippen LogP contribution in [0.4, 0.5) is 0 Å². The Labute approximate surface area is 96.4 Å². The van der Waals surface area contributed by atoms with Crippen LogP contribution in [0, 0.1) is 0 Å². The van der Waals surface area contributed by atoms with Crippen LogP contribution < -0.4 is 0 Å². The monoisotopic (exact) mass is 266 g/mol. The fraction of sp³-hybridized carbons (Fsp3) is 0.250. The molecule has 0 saturated carbocycles. The third kappa shape index (κ3) is 2.48. The van der Waals surface area contributed by atoms with Crippen LogP contribution >= 0.6 is 15.9 Å². The molecule has 1 aromatic heterocycles. The van der Waals surface area contributed by atoms with Gasteiger partial charge in [-0.05, 0) is 30.5 Å². The molecule has 0 bridgehead atoms. The predicted octanol–water partition coefficient (Wildman–Crippen LogP) is 3.33. The van der Waals surface area contributed by atoms with Gasteiger partial charge in [-0.3, -0.25) is 0 Å². The van der Waals surface area contributed by atoms with Gasteiger partial charge in [0, 0.05) is 5.39 Å². The van der Waals surface area contributed by atoms with Gasteiger partial charge in [-0.1, -0.05) is 28.1 Å². The van der Waals surface area contributed by atoms with E-state index in [1.807, 2.05) is 18.2 Å². The van der Waals surface area contributed by atoms with Crippen molar-refractivity contribution in [3.05, 3.63) is 36.1 Å². The zero-order chi connectivity index (χ0) is 10.7. The van der Waals surface area contributed by atoms with Crippen LogP contribution in [0.25, 0.3) is 11.0 Å².